The maximum atomic E-state index is 12.2. The van der Waals surface area contributed by atoms with E-state index < -0.39 is 0 Å². The second kappa shape index (κ2) is 4.31. The second-order valence-electron chi connectivity index (χ2n) is 5.49. The van der Waals surface area contributed by atoms with Gasteiger partial charge in [0.05, 0.1) is 5.57 Å². The highest BCUT2D eigenvalue weighted by Crippen LogP contribution is 2.25. The van der Waals surface area contributed by atoms with Crippen LogP contribution in [0.2, 0.25) is 0 Å². The first kappa shape index (κ1) is 12.8. The first-order valence-corrected chi connectivity index (χ1v) is 6.95. The van der Waals surface area contributed by atoms with E-state index in [0.29, 0.717) is 33.1 Å². The highest BCUT2D eigenvalue weighted by atomic mass is 16.5. The molecule has 108 valence electrons. The van der Waals surface area contributed by atoms with Crippen LogP contribution in [0.4, 0.5) is 0 Å². The van der Waals surface area contributed by atoms with Crippen LogP contribution in [-0.4, -0.2) is 11.9 Å². The van der Waals surface area contributed by atoms with Crippen molar-refractivity contribution in [2.75, 3.05) is 0 Å². The fourth-order valence-electron chi connectivity index (χ4n) is 2.84. The molecule has 4 heteroatoms. The third-order valence-electron chi connectivity index (χ3n) is 3.98. The van der Waals surface area contributed by atoms with Gasteiger partial charge in [-0.25, -0.2) is 9.59 Å². The Labute approximate surface area is 126 Å². The summed E-state index contributed by atoms with van der Waals surface area (Å²) in [5.41, 5.74) is 2.89. The van der Waals surface area contributed by atoms with Crippen LogP contribution < -0.4 is 19.9 Å². The molecule has 0 unspecified atom stereocenters. The summed E-state index contributed by atoms with van der Waals surface area (Å²) < 4.78 is 10.6. The minimum atomic E-state index is -0.381. The first-order chi connectivity index (χ1) is 10.5. The number of esters is 2. The molecule has 2 aliphatic rings. The lowest BCUT2D eigenvalue weighted by Gasteiger charge is -2.01. The molecule has 0 aromatic heterocycles. The number of hydrogen-bond donors (Lipinski definition) is 0. The van der Waals surface area contributed by atoms with Crippen molar-refractivity contribution in [1.82, 2.24) is 0 Å². The topological polar surface area (TPSA) is 52.6 Å². The van der Waals surface area contributed by atoms with Crippen molar-refractivity contribution in [3.8, 4) is 11.5 Å². The number of ether oxygens (including phenoxy) is 2. The minimum absolute atomic E-state index is 0.359. The molecule has 0 amide bonds. The van der Waals surface area contributed by atoms with Gasteiger partial charge in [0.2, 0.25) is 0 Å². The Morgan fingerprint density at radius 3 is 2.27 bits per heavy atom. The Kier molecular flexibility index (Phi) is 2.51. The zero-order valence-corrected chi connectivity index (χ0v) is 12.1. The van der Waals surface area contributed by atoms with Crippen LogP contribution in [0.25, 0.3) is 11.1 Å². The summed E-state index contributed by atoms with van der Waals surface area (Å²) in [5.74, 6) is 0.206. The van der Waals surface area contributed by atoms with Crippen molar-refractivity contribution < 1.29 is 19.1 Å². The molecule has 0 atom stereocenters. The van der Waals surface area contributed by atoms with E-state index in [9.17, 15) is 9.59 Å². The summed E-state index contributed by atoms with van der Waals surface area (Å²) >= 11 is 0. The predicted molar refractivity (Wildman–Crippen MR) is 79.7 cm³/mol. The van der Waals surface area contributed by atoms with Gasteiger partial charge < -0.3 is 9.47 Å². The molecule has 4 rings (SSSR count). The SMILES string of the molecule is CC1=c2cc3c(cc2OC1=O)=C(c1cccc(C)c1)C(=O)O3. The van der Waals surface area contributed by atoms with Crippen LogP contribution >= 0.6 is 0 Å². The highest BCUT2D eigenvalue weighted by molar-refractivity contribution is 6.19. The summed E-state index contributed by atoms with van der Waals surface area (Å²) in [5, 5.41) is 1.35. The van der Waals surface area contributed by atoms with E-state index in [-0.39, 0.29) is 11.9 Å². The molecule has 0 radical (unpaired) electrons. The Morgan fingerprint density at radius 1 is 0.818 bits per heavy atom. The lowest BCUT2D eigenvalue weighted by atomic mass is 10.0. The lowest BCUT2D eigenvalue weighted by Crippen LogP contribution is -2.10. The number of rotatable bonds is 1. The molecule has 0 saturated carbocycles. The number of carbonyl (C=O) groups excluding carboxylic acids is 2. The molecule has 0 fully saturated rings. The highest BCUT2D eigenvalue weighted by Gasteiger charge is 2.28. The van der Waals surface area contributed by atoms with Crippen molar-refractivity contribution in [2.45, 2.75) is 13.8 Å². The molecule has 0 spiro atoms. The quantitative estimate of drug-likeness (QED) is 0.585. The van der Waals surface area contributed by atoms with Gasteiger partial charge in [0, 0.05) is 16.0 Å². The van der Waals surface area contributed by atoms with Gasteiger partial charge in [-0.15, -0.1) is 0 Å². The molecule has 4 nitrogen and oxygen atoms in total. The zero-order chi connectivity index (χ0) is 15.4. The van der Waals surface area contributed by atoms with Gasteiger partial charge in [0.1, 0.15) is 11.5 Å². The third-order valence-corrected chi connectivity index (χ3v) is 3.98. The van der Waals surface area contributed by atoms with E-state index in [0.717, 1.165) is 11.1 Å². The molecule has 2 aromatic rings. The van der Waals surface area contributed by atoms with Gasteiger partial charge in [-0.3, -0.25) is 0 Å². The van der Waals surface area contributed by atoms with Crippen LogP contribution in [0, 0.1) is 6.92 Å². The summed E-state index contributed by atoms with van der Waals surface area (Å²) in [6.45, 7) is 3.66. The summed E-state index contributed by atoms with van der Waals surface area (Å²) in [6, 6.07) is 11.1. The van der Waals surface area contributed by atoms with Gasteiger partial charge in [0.15, 0.2) is 0 Å². The van der Waals surface area contributed by atoms with Gasteiger partial charge in [-0.1, -0.05) is 29.8 Å². The molecule has 2 aromatic carbocycles. The number of benzene rings is 2. The van der Waals surface area contributed by atoms with Crippen LogP contribution in [0.15, 0.2) is 36.4 Å². The Bertz CT molecular complexity index is 983. The average Bonchev–Trinajstić information content (AvgIpc) is 2.93. The van der Waals surface area contributed by atoms with Crippen LogP contribution in [0.5, 0.6) is 11.5 Å². The molecule has 0 saturated heterocycles. The second-order valence-corrected chi connectivity index (χ2v) is 5.49. The average molecular weight is 292 g/mol. The fourth-order valence-corrected chi connectivity index (χ4v) is 2.84. The Balaban J connectivity index is 2.05. The lowest BCUT2D eigenvalue weighted by molar-refractivity contribution is -0.128. The smallest absolute Gasteiger partial charge is 0.344 e. The van der Waals surface area contributed by atoms with E-state index in [1.165, 1.54) is 0 Å². The monoisotopic (exact) mass is 292 g/mol. The molecular formula is C18H12O4. The molecule has 2 heterocycles. The largest absolute Gasteiger partial charge is 0.422 e. The van der Waals surface area contributed by atoms with Crippen molar-refractivity contribution in [2.24, 2.45) is 0 Å². The van der Waals surface area contributed by atoms with Gasteiger partial charge >= 0.3 is 11.9 Å². The van der Waals surface area contributed by atoms with E-state index in [1.54, 1.807) is 19.1 Å². The summed E-state index contributed by atoms with van der Waals surface area (Å²) in [7, 11) is 0. The van der Waals surface area contributed by atoms with Crippen molar-refractivity contribution >= 4 is 23.1 Å². The van der Waals surface area contributed by atoms with Crippen LogP contribution in [0.3, 0.4) is 0 Å². The zero-order valence-electron chi connectivity index (χ0n) is 12.1. The van der Waals surface area contributed by atoms with E-state index in [2.05, 4.69) is 0 Å². The maximum Gasteiger partial charge on any atom is 0.344 e. The number of aryl methyl sites for hydroxylation is 1. The minimum Gasteiger partial charge on any atom is -0.422 e. The molecule has 0 aliphatic carbocycles. The molecule has 0 bridgehead atoms. The molecule has 0 N–H and O–H groups in total. The van der Waals surface area contributed by atoms with E-state index >= 15 is 0 Å². The third kappa shape index (κ3) is 1.70. The van der Waals surface area contributed by atoms with Crippen LogP contribution in [-0.2, 0) is 9.59 Å². The standard InChI is InChI=1S/C18H12O4/c1-9-4-3-5-11(6-9)16-13-8-14-12(10(2)17(19)21-14)7-15(13)22-18(16)20/h3-8H,1-2H3. The predicted octanol–water partition coefficient (Wildman–Crippen LogP) is 1.20. The van der Waals surface area contributed by atoms with E-state index in [1.807, 2.05) is 31.2 Å². The Morgan fingerprint density at radius 2 is 1.50 bits per heavy atom. The van der Waals surface area contributed by atoms with Crippen molar-refractivity contribution in [3.05, 3.63) is 58.0 Å². The van der Waals surface area contributed by atoms with Crippen molar-refractivity contribution in [3.63, 3.8) is 0 Å². The van der Waals surface area contributed by atoms with Gasteiger partial charge in [0.25, 0.3) is 0 Å². The summed E-state index contributed by atoms with van der Waals surface area (Å²) in [6.07, 6.45) is 0. The maximum absolute atomic E-state index is 12.2. The number of carbonyl (C=O) groups is 2. The Hall–Kier alpha value is -2.88. The van der Waals surface area contributed by atoms with Gasteiger partial charge in [-0.2, -0.15) is 0 Å². The molecule has 2 aliphatic heterocycles. The van der Waals surface area contributed by atoms with Crippen molar-refractivity contribution in [1.29, 1.82) is 0 Å². The van der Waals surface area contributed by atoms with Gasteiger partial charge in [-0.05, 0) is 31.5 Å². The normalized spacial score (nSPS) is 15.5. The van der Waals surface area contributed by atoms with E-state index in [4.69, 9.17) is 9.47 Å². The fraction of sp³-hybridized carbons (Fsp3) is 0.111. The summed E-state index contributed by atoms with van der Waals surface area (Å²) in [4.78, 5) is 23.9. The first-order valence-electron chi connectivity index (χ1n) is 6.95. The number of fused-ring (bicyclic) bond motifs is 2. The number of hydrogen-bond acceptors (Lipinski definition) is 4. The molecular weight excluding hydrogens is 280 g/mol. The van der Waals surface area contributed by atoms with Crippen LogP contribution in [0.1, 0.15) is 18.1 Å². The molecule has 22 heavy (non-hydrogen) atoms.